The van der Waals surface area contributed by atoms with Gasteiger partial charge in [0.25, 0.3) is 0 Å². The number of nitriles is 2. The number of carboxylic acids is 2. The highest BCUT2D eigenvalue weighted by Crippen LogP contribution is 2.40. The topological polar surface area (TPSA) is 138 Å². The molecule has 0 amide bonds. The van der Waals surface area contributed by atoms with Crippen molar-refractivity contribution < 1.29 is 19.8 Å². The molecule has 0 bridgehead atoms. The first-order valence-corrected chi connectivity index (χ1v) is 11.8. The van der Waals surface area contributed by atoms with Gasteiger partial charge in [-0.25, -0.2) is 9.59 Å². The number of hydrazone groups is 1. The minimum absolute atomic E-state index is 0.148. The Morgan fingerprint density at radius 3 is 2.11 bits per heavy atom. The molecule has 2 aromatic heterocycles. The summed E-state index contributed by atoms with van der Waals surface area (Å²) in [5.41, 5.74) is 1.02. The van der Waals surface area contributed by atoms with E-state index in [1.807, 2.05) is 47.5 Å². The average molecular weight is 501 g/mol. The molecule has 1 aliphatic rings. The van der Waals surface area contributed by atoms with Gasteiger partial charge in [-0.2, -0.15) is 15.6 Å². The van der Waals surface area contributed by atoms with Crippen molar-refractivity contribution in [3.63, 3.8) is 0 Å². The number of rotatable bonds is 7. The zero-order chi connectivity index (χ0) is 24.9. The molecule has 172 valence electrons. The molecular weight excluding hydrogens is 484 g/mol. The summed E-state index contributed by atoms with van der Waals surface area (Å²) in [5.74, 6) is -2.55. The lowest BCUT2D eigenvalue weighted by Crippen LogP contribution is -2.17. The van der Waals surface area contributed by atoms with Gasteiger partial charge in [0.2, 0.25) is 0 Å². The third-order valence-corrected chi connectivity index (χ3v) is 7.31. The van der Waals surface area contributed by atoms with Crippen molar-refractivity contribution in [2.24, 2.45) is 5.10 Å². The second-order valence-electron chi connectivity index (χ2n) is 7.34. The summed E-state index contributed by atoms with van der Waals surface area (Å²) in [6.45, 7) is 0. The molecule has 3 aromatic rings. The number of nitrogens with zero attached hydrogens (tertiary/aromatic N) is 4. The Hall–Kier alpha value is -4.51. The van der Waals surface area contributed by atoms with Crippen LogP contribution in [-0.2, 0) is 9.59 Å². The first-order chi connectivity index (χ1) is 16.9. The van der Waals surface area contributed by atoms with Gasteiger partial charge in [-0.15, -0.1) is 22.7 Å². The van der Waals surface area contributed by atoms with Crippen molar-refractivity contribution in [2.75, 3.05) is 5.01 Å². The number of thiophene rings is 2. The molecule has 1 atom stereocenters. The number of anilines is 1. The Morgan fingerprint density at radius 2 is 1.51 bits per heavy atom. The van der Waals surface area contributed by atoms with Gasteiger partial charge >= 0.3 is 11.9 Å². The molecule has 0 saturated carbocycles. The molecule has 8 nitrogen and oxygen atoms in total. The number of carbonyl (C=O) groups is 2. The summed E-state index contributed by atoms with van der Waals surface area (Å²) in [4.78, 5) is 25.5. The van der Waals surface area contributed by atoms with Crippen LogP contribution in [0.1, 0.15) is 32.0 Å². The van der Waals surface area contributed by atoms with Crippen LogP contribution < -0.4 is 5.01 Å². The normalized spacial score (nSPS) is 15.9. The molecule has 2 N–H and O–H groups in total. The largest absolute Gasteiger partial charge is 0.477 e. The van der Waals surface area contributed by atoms with Crippen LogP contribution in [-0.4, -0.2) is 27.9 Å². The second-order valence-corrected chi connectivity index (χ2v) is 9.60. The summed E-state index contributed by atoms with van der Waals surface area (Å²) < 4.78 is 0. The standard InChI is InChI=1S/C25H16N4O4S2/c26-13-15(24(30)31)10-18-6-8-22(34-18)20-12-21(29(28-20)17-4-2-1-3-5-17)23-9-7-19(35-23)11-16(14-27)25(32)33/h1-11,21H,12H2,(H,30,31)(H,32,33)/b15-10-,16-11-. The van der Waals surface area contributed by atoms with E-state index in [1.54, 1.807) is 24.3 Å². The summed E-state index contributed by atoms with van der Waals surface area (Å²) in [5, 5.41) is 43.1. The first kappa shape index (κ1) is 23.6. The van der Waals surface area contributed by atoms with Crippen molar-refractivity contribution in [2.45, 2.75) is 12.5 Å². The van der Waals surface area contributed by atoms with Crippen molar-refractivity contribution in [1.29, 1.82) is 10.5 Å². The molecule has 0 fully saturated rings. The fourth-order valence-corrected chi connectivity index (χ4v) is 5.46. The van der Waals surface area contributed by atoms with E-state index in [4.69, 9.17) is 25.8 Å². The molecule has 4 rings (SSSR count). The molecular formula is C25H16N4O4S2. The van der Waals surface area contributed by atoms with Gasteiger partial charge in [-0.1, -0.05) is 18.2 Å². The Bertz CT molecular complexity index is 1470. The smallest absolute Gasteiger partial charge is 0.346 e. The summed E-state index contributed by atoms with van der Waals surface area (Å²) in [6.07, 6.45) is 3.26. The van der Waals surface area contributed by atoms with E-state index in [0.29, 0.717) is 16.2 Å². The fourth-order valence-electron chi connectivity index (χ4n) is 3.48. The highest BCUT2D eigenvalue weighted by atomic mass is 32.1. The summed E-state index contributed by atoms with van der Waals surface area (Å²) >= 11 is 2.74. The SMILES string of the molecule is N#C/C(=C/c1ccc(C2=NN(c3ccccc3)C(c3ccc(/C=C(/C#N)C(=O)O)s3)C2)s1)C(=O)O. The van der Waals surface area contributed by atoms with Crippen LogP contribution in [0.2, 0.25) is 0 Å². The third kappa shape index (κ3) is 5.20. The van der Waals surface area contributed by atoms with Crippen LogP contribution in [0.15, 0.2) is 70.8 Å². The monoisotopic (exact) mass is 500 g/mol. The molecule has 1 aliphatic heterocycles. The quantitative estimate of drug-likeness (QED) is 0.338. The zero-order valence-corrected chi connectivity index (χ0v) is 19.6. The number of hydrogen-bond acceptors (Lipinski definition) is 8. The van der Waals surface area contributed by atoms with Crippen molar-refractivity contribution >= 4 is 58.2 Å². The van der Waals surface area contributed by atoms with Crippen molar-refractivity contribution in [1.82, 2.24) is 0 Å². The van der Waals surface area contributed by atoms with Crippen LogP contribution in [0.4, 0.5) is 5.69 Å². The van der Waals surface area contributed by atoms with Crippen LogP contribution in [0.3, 0.4) is 0 Å². The van der Waals surface area contributed by atoms with Gasteiger partial charge < -0.3 is 10.2 Å². The average Bonchev–Trinajstić information content (AvgIpc) is 3.60. The Kier molecular flexibility index (Phi) is 6.88. The van der Waals surface area contributed by atoms with Gasteiger partial charge in [-0.05, 0) is 48.6 Å². The van der Waals surface area contributed by atoms with Gasteiger partial charge in [0.05, 0.1) is 22.3 Å². The summed E-state index contributed by atoms with van der Waals surface area (Å²) in [6, 6.07) is 20.2. The molecule has 1 unspecified atom stereocenters. The fraction of sp³-hybridized carbons (Fsp3) is 0.0800. The number of benzene rings is 1. The molecule has 0 saturated heterocycles. The Balaban J connectivity index is 1.67. The van der Waals surface area contributed by atoms with E-state index < -0.39 is 11.9 Å². The van der Waals surface area contributed by atoms with E-state index in [0.717, 1.165) is 21.2 Å². The molecule has 0 radical (unpaired) electrons. The zero-order valence-electron chi connectivity index (χ0n) is 18.0. The third-order valence-electron chi connectivity index (χ3n) is 5.09. The Morgan fingerprint density at radius 1 is 0.914 bits per heavy atom. The molecule has 0 spiro atoms. The number of aliphatic carboxylic acids is 2. The number of carboxylic acid groups (broad SMARTS) is 2. The van der Waals surface area contributed by atoms with Crippen LogP contribution >= 0.6 is 22.7 Å². The lowest BCUT2D eigenvalue weighted by Gasteiger charge is -2.22. The maximum Gasteiger partial charge on any atom is 0.346 e. The second kappa shape index (κ2) is 10.2. The van der Waals surface area contributed by atoms with Gasteiger partial charge in [-0.3, -0.25) is 5.01 Å². The lowest BCUT2D eigenvalue weighted by molar-refractivity contribution is -0.133. The van der Waals surface area contributed by atoms with E-state index in [2.05, 4.69) is 0 Å². The summed E-state index contributed by atoms with van der Waals surface area (Å²) in [7, 11) is 0. The number of hydrogen-bond donors (Lipinski definition) is 2. The highest BCUT2D eigenvalue weighted by Gasteiger charge is 2.31. The molecule has 10 heteroatoms. The molecule has 0 aliphatic carbocycles. The molecule has 1 aromatic carbocycles. The number of para-hydroxylation sites is 1. The van der Waals surface area contributed by atoms with E-state index in [9.17, 15) is 9.59 Å². The van der Waals surface area contributed by atoms with Crippen molar-refractivity contribution in [3.05, 3.63) is 85.3 Å². The highest BCUT2D eigenvalue weighted by molar-refractivity contribution is 7.15. The van der Waals surface area contributed by atoms with Gasteiger partial charge in [0.1, 0.15) is 23.3 Å². The maximum absolute atomic E-state index is 11.2. The first-order valence-electron chi connectivity index (χ1n) is 10.2. The van der Waals surface area contributed by atoms with E-state index in [1.165, 1.54) is 34.8 Å². The minimum atomic E-state index is -1.28. The van der Waals surface area contributed by atoms with E-state index >= 15 is 0 Å². The Labute approximate surface area is 208 Å². The molecule has 35 heavy (non-hydrogen) atoms. The maximum atomic E-state index is 11.2. The van der Waals surface area contributed by atoms with Crippen LogP contribution in [0, 0.1) is 22.7 Å². The van der Waals surface area contributed by atoms with Crippen LogP contribution in [0.25, 0.3) is 12.2 Å². The predicted octanol–water partition coefficient (Wildman–Crippen LogP) is 5.15. The molecule has 3 heterocycles. The van der Waals surface area contributed by atoms with Gasteiger partial charge in [0, 0.05) is 21.1 Å². The van der Waals surface area contributed by atoms with Gasteiger partial charge in [0.15, 0.2) is 0 Å². The predicted molar refractivity (Wildman–Crippen MR) is 134 cm³/mol. The van der Waals surface area contributed by atoms with Crippen molar-refractivity contribution in [3.8, 4) is 12.1 Å². The van der Waals surface area contributed by atoms with Crippen LogP contribution in [0.5, 0.6) is 0 Å². The van der Waals surface area contributed by atoms with E-state index in [-0.39, 0.29) is 17.2 Å². The lowest BCUT2D eigenvalue weighted by atomic mass is 10.1. The minimum Gasteiger partial charge on any atom is -0.477 e.